The molecule has 4 heteroatoms. The van der Waals surface area contributed by atoms with E-state index in [-0.39, 0.29) is 5.54 Å². The predicted molar refractivity (Wildman–Crippen MR) is 62.8 cm³/mol. The summed E-state index contributed by atoms with van der Waals surface area (Å²) in [6, 6.07) is 0. The van der Waals surface area contributed by atoms with Crippen molar-refractivity contribution in [3.63, 3.8) is 0 Å². The molecular weight excluding hydrogens is 188 g/mol. The molecule has 0 aliphatic rings. The lowest BCUT2D eigenvalue weighted by atomic mass is 10.1. The molecule has 0 unspecified atom stereocenters. The summed E-state index contributed by atoms with van der Waals surface area (Å²) in [6.07, 6.45) is 3.58. The molecule has 0 aliphatic carbocycles. The van der Waals surface area contributed by atoms with Gasteiger partial charge in [-0.2, -0.15) is 0 Å². The molecule has 0 atom stereocenters. The molecule has 1 heterocycles. The second kappa shape index (κ2) is 5.07. The van der Waals surface area contributed by atoms with Gasteiger partial charge in [0.05, 0.1) is 18.1 Å². The normalized spacial score (nSPS) is 11.5. The minimum atomic E-state index is 0.0257. The van der Waals surface area contributed by atoms with Crippen LogP contribution in [0.2, 0.25) is 0 Å². The second-order valence-corrected chi connectivity index (χ2v) is 4.55. The summed E-state index contributed by atoms with van der Waals surface area (Å²) in [5.41, 5.74) is 0.994. The fraction of sp³-hybridized carbons (Fsp3) is 0.636. The highest BCUT2D eigenvalue weighted by molar-refractivity contribution is 5.33. The van der Waals surface area contributed by atoms with E-state index in [1.807, 2.05) is 0 Å². The highest BCUT2D eigenvalue weighted by Crippen LogP contribution is 2.10. The first kappa shape index (κ1) is 11.9. The van der Waals surface area contributed by atoms with Gasteiger partial charge in [-0.25, -0.2) is 4.98 Å². The van der Waals surface area contributed by atoms with Crippen molar-refractivity contribution in [2.45, 2.75) is 39.8 Å². The zero-order valence-corrected chi connectivity index (χ0v) is 9.96. The Morgan fingerprint density at radius 2 is 1.93 bits per heavy atom. The van der Waals surface area contributed by atoms with E-state index in [4.69, 9.17) is 0 Å². The molecule has 15 heavy (non-hydrogen) atoms. The largest absolute Gasteiger partial charge is 0.364 e. The van der Waals surface area contributed by atoms with Crippen molar-refractivity contribution in [1.82, 2.24) is 15.3 Å². The zero-order valence-electron chi connectivity index (χ0n) is 9.96. The van der Waals surface area contributed by atoms with Crippen LogP contribution in [0, 0.1) is 0 Å². The van der Waals surface area contributed by atoms with E-state index in [0.717, 1.165) is 24.6 Å². The Labute approximate surface area is 91.5 Å². The summed E-state index contributed by atoms with van der Waals surface area (Å²) in [5.74, 6) is 0.822. The first-order valence-corrected chi connectivity index (χ1v) is 5.31. The van der Waals surface area contributed by atoms with Crippen LogP contribution in [0.3, 0.4) is 0 Å². The molecule has 2 N–H and O–H groups in total. The molecular formula is C11H20N4. The van der Waals surface area contributed by atoms with Gasteiger partial charge in [0.25, 0.3) is 0 Å². The minimum Gasteiger partial charge on any atom is -0.364 e. The van der Waals surface area contributed by atoms with Gasteiger partial charge in [0, 0.05) is 12.1 Å². The number of nitrogens with one attached hydrogen (secondary N) is 2. The van der Waals surface area contributed by atoms with Crippen molar-refractivity contribution in [3.05, 3.63) is 18.1 Å². The maximum Gasteiger partial charge on any atom is 0.144 e. The number of anilines is 1. The fourth-order valence-electron chi connectivity index (χ4n) is 1.15. The molecule has 0 fully saturated rings. The molecule has 1 aromatic rings. The highest BCUT2D eigenvalue weighted by Gasteiger charge is 2.09. The Hall–Kier alpha value is -1.16. The Kier molecular flexibility index (Phi) is 4.03. The van der Waals surface area contributed by atoms with Crippen LogP contribution in [0.5, 0.6) is 0 Å². The number of nitrogens with zero attached hydrogens (tertiary/aromatic N) is 2. The van der Waals surface area contributed by atoms with E-state index in [1.54, 1.807) is 12.4 Å². The first-order valence-electron chi connectivity index (χ1n) is 5.31. The van der Waals surface area contributed by atoms with Gasteiger partial charge >= 0.3 is 0 Å². The smallest absolute Gasteiger partial charge is 0.144 e. The lowest BCUT2D eigenvalue weighted by molar-refractivity contribution is 0.628. The third-order valence-electron chi connectivity index (χ3n) is 1.76. The van der Waals surface area contributed by atoms with E-state index in [1.165, 1.54) is 0 Å². The van der Waals surface area contributed by atoms with Crippen molar-refractivity contribution in [2.24, 2.45) is 0 Å². The molecule has 1 aromatic heterocycles. The van der Waals surface area contributed by atoms with Gasteiger partial charge < -0.3 is 10.6 Å². The van der Waals surface area contributed by atoms with Crippen molar-refractivity contribution < 1.29 is 0 Å². The van der Waals surface area contributed by atoms with Gasteiger partial charge in [0.1, 0.15) is 5.82 Å². The Balaban J connectivity index is 2.56. The third kappa shape index (κ3) is 4.74. The molecule has 0 aliphatic heterocycles. The summed E-state index contributed by atoms with van der Waals surface area (Å²) in [6.45, 7) is 10.1. The summed E-state index contributed by atoms with van der Waals surface area (Å²) in [7, 11) is 0. The van der Waals surface area contributed by atoms with Crippen molar-refractivity contribution in [1.29, 1.82) is 0 Å². The summed E-state index contributed by atoms with van der Waals surface area (Å²) in [5, 5.41) is 6.48. The lowest BCUT2D eigenvalue weighted by Gasteiger charge is -2.20. The molecule has 0 saturated carbocycles. The molecule has 0 saturated heterocycles. The maximum absolute atomic E-state index is 4.31. The van der Waals surface area contributed by atoms with Crippen LogP contribution in [0.25, 0.3) is 0 Å². The van der Waals surface area contributed by atoms with Crippen LogP contribution >= 0.6 is 0 Å². The van der Waals surface area contributed by atoms with Gasteiger partial charge in [-0.05, 0) is 27.3 Å². The van der Waals surface area contributed by atoms with Crippen LogP contribution in [0.15, 0.2) is 12.4 Å². The Morgan fingerprint density at radius 1 is 1.20 bits per heavy atom. The van der Waals surface area contributed by atoms with Crippen LogP contribution in [-0.2, 0) is 6.54 Å². The second-order valence-electron chi connectivity index (χ2n) is 4.55. The maximum atomic E-state index is 4.31. The highest BCUT2D eigenvalue weighted by atomic mass is 15.1. The standard InChI is InChI=1S/C11H20N4/c1-5-12-6-9-7-14-10(8-13-9)15-11(2,3)4/h7-8,12H,5-6H2,1-4H3,(H,14,15). The molecule has 0 spiro atoms. The Morgan fingerprint density at radius 3 is 2.40 bits per heavy atom. The summed E-state index contributed by atoms with van der Waals surface area (Å²) in [4.78, 5) is 8.62. The van der Waals surface area contributed by atoms with E-state index in [0.29, 0.717) is 0 Å². The monoisotopic (exact) mass is 208 g/mol. The number of rotatable bonds is 4. The third-order valence-corrected chi connectivity index (χ3v) is 1.76. The molecule has 4 nitrogen and oxygen atoms in total. The molecule has 84 valence electrons. The minimum absolute atomic E-state index is 0.0257. The van der Waals surface area contributed by atoms with Gasteiger partial charge in [-0.1, -0.05) is 6.92 Å². The molecule has 0 aromatic carbocycles. The zero-order chi connectivity index (χ0) is 11.3. The number of aromatic nitrogens is 2. The van der Waals surface area contributed by atoms with E-state index in [2.05, 4.69) is 48.3 Å². The van der Waals surface area contributed by atoms with E-state index < -0.39 is 0 Å². The van der Waals surface area contributed by atoms with Crippen LogP contribution in [0.4, 0.5) is 5.82 Å². The van der Waals surface area contributed by atoms with Crippen LogP contribution < -0.4 is 10.6 Å². The van der Waals surface area contributed by atoms with Gasteiger partial charge in [0.15, 0.2) is 0 Å². The van der Waals surface area contributed by atoms with Crippen molar-refractivity contribution in [3.8, 4) is 0 Å². The number of hydrogen-bond donors (Lipinski definition) is 2. The summed E-state index contributed by atoms with van der Waals surface area (Å²) >= 11 is 0. The quantitative estimate of drug-likeness (QED) is 0.792. The fourth-order valence-corrected chi connectivity index (χ4v) is 1.15. The predicted octanol–water partition coefficient (Wildman–Crippen LogP) is 1.80. The average Bonchev–Trinajstić information content (AvgIpc) is 2.14. The van der Waals surface area contributed by atoms with Gasteiger partial charge in [-0.15, -0.1) is 0 Å². The molecule has 0 radical (unpaired) electrons. The average molecular weight is 208 g/mol. The molecule has 1 rings (SSSR count). The van der Waals surface area contributed by atoms with E-state index >= 15 is 0 Å². The first-order chi connectivity index (χ1) is 7.01. The van der Waals surface area contributed by atoms with Crippen molar-refractivity contribution in [2.75, 3.05) is 11.9 Å². The van der Waals surface area contributed by atoms with Gasteiger partial charge in [0.2, 0.25) is 0 Å². The topological polar surface area (TPSA) is 49.8 Å². The van der Waals surface area contributed by atoms with Crippen molar-refractivity contribution >= 4 is 5.82 Å². The van der Waals surface area contributed by atoms with Crippen LogP contribution in [0.1, 0.15) is 33.4 Å². The molecule has 0 bridgehead atoms. The SMILES string of the molecule is CCNCc1cnc(NC(C)(C)C)cn1. The lowest BCUT2D eigenvalue weighted by Crippen LogP contribution is -2.26. The van der Waals surface area contributed by atoms with Gasteiger partial charge in [-0.3, -0.25) is 4.98 Å². The number of hydrogen-bond acceptors (Lipinski definition) is 4. The van der Waals surface area contributed by atoms with E-state index in [9.17, 15) is 0 Å². The Bertz CT molecular complexity index is 286. The molecule has 0 amide bonds. The van der Waals surface area contributed by atoms with Crippen LogP contribution in [-0.4, -0.2) is 22.1 Å². The summed E-state index contributed by atoms with van der Waals surface area (Å²) < 4.78 is 0.